The molecule has 0 aliphatic carbocycles. The summed E-state index contributed by atoms with van der Waals surface area (Å²) in [5, 5.41) is 2.65. The average molecular weight is 419 g/mol. The van der Waals surface area contributed by atoms with Gasteiger partial charge in [0.1, 0.15) is 11.5 Å². The lowest BCUT2D eigenvalue weighted by Crippen LogP contribution is -2.13. The van der Waals surface area contributed by atoms with Gasteiger partial charge in [0.25, 0.3) is 5.91 Å². The number of sulfone groups is 1. The van der Waals surface area contributed by atoms with Crippen molar-refractivity contribution < 1.29 is 22.4 Å². The van der Waals surface area contributed by atoms with Crippen molar-refractivity contribution in [2.75, 3.05) is 5.32 Å². The summed E-state index contributed by atoms with van der Waals surface area (Å²) in [5.74, 6) is -1.57. The molecule has 0 aliphatic rings. The van der Waals surface area contributed by atoms with Gasteiger partial charge in [-0.2, -0.15) is 0 Å². The first-order valence-corrected chi connectivity index (χ1v) is 10.1. The number of primary amides is 1. The molecule has 0 saturated heterocycles. The molecule has 0 spiro atoms. The summed E-state index contributed by atoms with van der Waals surface area (Å²) in [6.45, 7) is 0. The van der Waals surface area contributed by atoms with Crippen molar-refractivity contribution in [1.29, 1.82) is 0 Å². The summed E-state index contributed by atoms with van der Waals surface area (Å²) >= 11 is 5.95. The van der Waals surface area contributed by atoms with E-state index in [9.17, 15) is 18.0 Å². The maximum atomic E-state index is 12.4. The second-order valence-electron chi connectivity index (χ2n) is 5.85. The first-order chi connectivity index (χ1) is 13.3. The van der Waals surface area contributed by atoms with E-state index in [1.165, 1.54) is 42.5 Å². The van der Waals surface area contributed by atoms with Gasteiger partial charge in [0.15, 0.2) is 15.6 Å². The van der Waals surface area contributed by atoms with Crippen LogP contribution in [0.4, 0.5) is 5.69 Å². The number of rotatable bonds is 6. The van der Waals surface area contributed by atoms with Crippen LogP contribution in [0.15, 0.2) is 70.0 Å². The fraction of sp³-hybridized carbons (Fsp3) is 0.0526. The van der Waals surface area contributed by atoms with E-state index in [-0.39, 0.29) is 32.8 Å². The normalized spacial score (nSPS) is 11.2. The summed E-state index contributed by atoms with van der Waals surface area (Å²) in [6, 6.07) is 15.0. The summed E-state index contributed by atoms with van der Waals surface area (Å²) in [4.78, 5) is 23.7. The number of anilines is 1. The van der Waals surface area contributed by atoms with E-state index >= 15 is 0 Å². The van der Waals surface area contributed by atoms with Crippen LogP contribution in [0.2, 0.25) is 5.02 Å². The molecule has 0 saturated carbocycles. The van der Waals surface area contributed by atoms with Crippen LogP contribution in [-0.2, 0) is 15.6 Å². The van der Waals surface area contributed by atoms with Crippen LogP contribution in [-0.4, -0.2) is 20.2 Å². The van der Waals surface area contributed by atoms with Crippen LogP contribution in [0.25, 0.3) is 0 Å². The lowest BCUT2D eigenvalue weighted by molar-refractivity contribution is 0.0990. The third-order valence-corrected chi connectivity index (χ3v) is 5.78. The largest absolute Gasteiger partial charge is 0.455 e. The average Bonchev–Trinajstić information content (AvgIpc) is 3.10. The molecular formula is C19H15ClN2O5S. The molecule has 28 heavy (non-hydrogen) atoms. The van der Waals surface area contributed by atoms with Crippen LogP contribution in [0, 0.1) is 0 Å². The fourth-order valence-electron chi connectivity index (χ4n) is 2.46. The van der Waals surface area contributed by atoms with Crippen molar-refractivity contribution in [3.8, 4) is 0 Å². The number of benzene rings is 2. The van der Waals surface area contributed by atoms with Gasteiger partial charge in [0.2, 0.25) is 5.91 Å². The lowest BCUT2D eigenvalue weighted by Gasteiger charge is -2.06. The van der Waals surface area contributed by atoms with E-state index < -0.39 is 21.7 Å². The number of nitrogens with one attached hydrogen (secondary N) is 1. The second-order valence-corrected chi connectivity index (χ2v) is 8.25. The summed E-state index contributed by atoms with van der Waals surface area (Å²) in [5.41, 5.74) is 5.64. The maximum absolute atomic E-state index is 12.4. The number of halogens is 1. The van der Waals surface area contributed by atoms with E-state index in [4.69, 9.17) is 21.8 Å². The highest BCUT2D eigenvalue weighted by Crippen LogP contribution is 2.22. The zero-order chi connectivity index (χ0) is 20.3. The molecule has 2 aromatic carbocycles. The maximum Gasteiger partial charge on any atom is 0.291 e. The fourth-order valence-corrected chi connectivity index (χ4v) is 4.00. The number of nitrogens with two attached hydrogens (primary N) is 1. The number of hydrogen-bond acceptors (Lipinski definition) is 5. The molecular weight excluding hydrogens is 404 g/mol. The standard InChI is InChI=1S/C19H15ClN2O5S/c20-16-10-12(6-8-15(16)18(21)23)22-19(24)17-9-7-13(27-17)11-28(25,26)14-4-2-1-3-5-14/h1-10H,11H2,(H2,21,23)(H,22,24). The van der Waals surface area contributed by atoms with Gasteiger partial charge in [-0.1, -0.05) is 29.8 Å². The minimum absolute atomic E-state index is 0.0617. The molecule has 0 unspecified atom stereocenters. The van der Waals surface area contributed by atoms with E-state index in [0.717, 1.165) is 0 Å². The highest BCUT2D eigenvalue weighted by atomic mass is 35.5. The Kier molecular flexibility index (Phi) is 5.53. The number of amides is 2. The highest BCUT2D eigenvalue weighted by molar-refractivity contribution is 7.90. The molecule has 3 N–H and O–H groups in total. The quantitative estimate of drug-likeness (QED) is 0.636. The SMILES string of the molecule is NC(=O)c1ccc(NC(=O)c2ccc(CS(=O)(=O)c3ccccc3)o2)cc1Cl. The summed E-state index contributed by atoms with van der Waals surface area (Å²) in [6.07, 6.45) is 0. The van der Waals surface area contributed by atoms with Gasteiger partial charge in [-0.15, -0.1) is 0 Å². The molecule has 0 aliphatic heterocycles. The van der Waals surface area contributed by atoms with Crippen molar-refractivity contribution in [3.63, 3.8) is 0 Å². The third kappa shape index (κ3) is 4.41. The Morgan fingerprint density at radius 2 is 1.75 bits per heavy atom. The molecule has 0 bridgehead atoms. The second kappa shape index (κ2) is 7.87. The predicted molar refractivity (Wildman–Crippen MR) is 104 cm³/mol. The minimum Gasteiger partial charge on any atom is -0.455 e. The molecule has 0 fully saturated rings. The van der Waals surface area contributed by atoms with Crippen molar-refractivity contribution in [2.24, 2.45) is 5.73 Å². The van der Waals surface area contributed by atoms with Crippen LogP contribution in [0.5, 0.6) is 0 Å². The van der Waals surface area contributed by atoms with E-state index in [0.29, 0.717) is 5.69 Å². The Morgan fingerprint density at radius 3 is 2.39 bits per heavy atom. The van der Waals surface area contributed by atoms with Gasteiger partial charge in [0.05, 0.1) is 15.5 Å². The zero-order valence-electron chi connectivity index (χ0n) is 14.4. The Morgan fingerprint density at radius 1 is 1.04 bits per heavy atom. The lowest BCUT2D eigenvalue weighted by atomic mass is 10.2. The van der Waals surface area contributed by atoms with Crippen LogP contribution >= 0.6 is 11.6 Å². The van der Waals surface area contributed by atoms with Crippen LogP contribution in [0.1, 0.15) is 26.7 Å². The number of carbonyl (C=O) groups excluding carboxylic acids is 2. The Balaban J connectivity index is 1.72. The number of furan rings is 1. The first-order valence-electron chi connectivity index (χ1n) is 8.03. The molecule has 0 atom stereocenters. The van der Waals surface area contributed by atoms with Gasteiger partial charge in [0, 0.05) is 5.69 Å². The third-order valence-electron chi connectivity index (χ3n) is 3.81. The van der Waals surface area contributed by atoms with Crippen molar-refractivity contribution in [1.82, 2.24) is 0 Å². The Bertz CT molecular complexity index is 1140. The smallest absolute Gasteiger partial charge is 0.291 e. The van der Waals surface area contributed by atoms with Crippen LogP contribution < -0.4 is 11.1 Å². The topological polar surface area (TPSA) is 119 Å². The molecule has 2 amide bonds. The molecule has 7 nitrogen and oxygen atoms in total. The number of hydrogen-bond donors (Lipinski definition) is 2. The minimum atomic E-state index is -3.59. The predicted octanol–water partition coefficient (Wildman–Crippen LogP) is 3.26. The Labute approximate surface area is 166 Å². The summed E-state index contributed by atoms with van der Waals surface area (Å²) in [7, 11) is -3.59. The molecule has 9 heteroatoms. The van der Waals surface area contributed by atoms with Gasteiger partial charge in [-0.05, 0) is 42.5 Å². The Hall–Kier alpha value is -3.10. The molecule has 1 heterocycles. The van der Waals surface area contributed by atoms with Gasteiger partial charge in [-0.25, -0.2) is 8.42 Å². The molecule has 0 radical (unpaired) electrons. The number of carbonyl (C=O) groups is 2. The molecule has 144 valence electrons. The van der Waals surface area contributed by atoms with E-state index in [1.807, 2.05) is 0 Å². The van der Waals surface area contributed by atoms with E-state index in [2.05, 4.69) is 5.32 Å². The molecule has 3 rings (SSSR count). The molecule has 3 aromatic rings. The van der Waals surface area contributed by atoms with Gasteiger partial charge >= 0.3 is 0 Å². The van der Waals surface area contributed by atoms with Gasteiger partial charge in [-0.3, -0.25) is 9.59 Å². The first kappa shape index (κ1) is 19.7. The van der Waals surface area contributed by atoms with Crippen molar-refractivity contribution in [2.45, 2.75) is 10.6 Å². The van der Waals surface area contributed by atoms with Crippen molar-refractivity contribution >= 4 is 38.9 Å². The summed E-state index contributed by atoms with van der Waals surface area (Å²) < 4.78 is 30.1. The van der Waals surface area contributed by atoms with E-state index in [1.54, 1.807) is 18.2 Å². The zero-order valence-corrected chi connectivity index (χ0v) is 16.0. The highest BCUT2D eigenvalue weighted by Gasteiger charge is 2.19. The van der Waals surface area contributed by atoms with Crippen LogP contribution in [0.3, 0.4) is 0 Å². The van der Waals surface area contributed by atoms with Crippen molar-refractivity contribution in [3.05, 3.63) is 82.8 Å². The van der Waals surface area contributed by atoms with Gasteiger partial charge < -0.3 is 15.5 Å². The monoisotopic (exact) mass is 418 g/mol. The molecule has 1 aromatic heterocycles.